The van der Waals surface area contributed by atoms with Crippen LogP contribution in [0.4, 0.5) is 0 Å². The van der Waals surface area contributed by atoms with E-state index in [-0.39, 0.29) is 0 Å². The smallest absolute Gasteiger partial charge is 0.0703 e. The molecule has 0 radical (unpaired) electrons. The van der Waals surface area contributed by atoms with Crippen LogP contribution in [0, 0.1) is 0 Å². The first kappa shape index (κ1) is 14.1. The lowest BCUT2D eigenvalue weighted by Gasteiger charge is -2.27. The van der Waals surface area contributed by atoms with Gasteiger partial charge in [0.25, 0.3) is 0 Å². The molecule has 1 aliphatic carbocycles. The van der Waals surface area contributed by atoms with Crippen LogP contribution in [0.5, 0.6) is 0 Å². The van der Waals surface area contributed by atoms with Crippen molar-refractivity contribution in [3.8, 4) is 0 Å². The summed E-state index contributed by atoms with van der Waals surface area (Å²) in [5.74, 6) is 0. The van der Waals surface area contributed by atoms with E-state index < -0.39 is 0 Å². The minimum Gasteiger partial charge on any atom is -0.377 e. The molecule has 2 unspecified atom stereocenters. The van der Waals surface area contributed by atoms with Crippen LogP contribution in [-0.2, 0) is 17.8 Å². The van der Waals surface area contributed by atoms with E-state index >= 15 is 0 Å². The van der Waals surface area contributed by atoms with Gasteiger partial charge in [-0.3, -0.25) is 4.90 Å². The molecule has 0 spiro atoms. The number of benzene rings is 1. The molecule has 0 bridgehead atoms. The molecule has 1 saturated heterocycles. The molecular formula is C17H26N2O. The Morgan fingerprint density at radius 3 is 2.60 bits per heavy atom. The summed E-state index contributed by atoms with van der Waals surface area (Å²) in [6, 6.07) is 10.1. The van der Waals surface area contributed by atoms with Crippen molar-refractivity contribution in [2.45, 2.75) is 57.5 Å². The zero-order valence-corrected chi connectivity index (χ0v) is 12.6. The fraction of sp³-hybridized carbons (Fsp3) is 0.647. The summed E-state index contributed by atoms with van der Waals surface area (Å²) >= 11 is 0. The van der Waals surface area contributed by atoms with E-state index in [2.05, 4.69) is 48.5 Å². The summed E-state index contributed by atoms with van der Waals surface area (Å²) in [5, 5.41) is 3.62. The third-order valence-electron chi connectivity index (χ3n) is 4.60. The van der Waals surface area contributed by atoms with Crippen LogP contribution in [0.1, 0.15) is 37.3 Å². The molecule has 1 N–H and O–H groups in total. The number of hydrogen-bond acceptors (Lipinski definition) is 3. The second-order valence-electron chi connectivity index (χ2n) is 6.27. The second-order valence-corrected chi connectivity index (χ2v) is 6.27. The molecule has 1 aromatic carbocycles. The minimum absolute atomic E-state index is 0.358. The maximum Gasteiger partial charge on any atom is 0.0703 e. The van der Waals surface area contributed by atoms with Crippen LogP contribution in [0.15, 0.2) is 24.3 Å². The molecule has 0 amide bonds. The van der Waals surface area contributed by atoms with Crippen molar-refractivity contribution >= 4 is 0 Å². The predicted molar refractivity (Wildman–Crippen MR) is 81.6 cm³/mol. The normalized spacial score (nSPS) is 26.4. The van der Waals surface area contributed by atoms with Gasteiger partial charge in [-0.25, -0.2) is 0 Å². The zero-order valence-electron chi connectivity index (χ0n) is 12.6. The lowest BCUT2D eigenvalue weighted by atomic mass is 10.0. The number of nitrogens with one attached hydrogen (secondary N) is 1. The SMILES string of the molecule is CC1OCCC1N(C)Cc1ccccc1CNC1CC1. The van der Waals surface area contributed by atoms with Crippen LogP contribution in [0.25, 0.3) is 0 Å². The maximum atomic E-state index is 5.69. The molecule has 1 saturated carbocycles. The van der Waals surface area contributed by atoms with Gasteiger partial charge in [0.05, 0.1) is 6.10 Å². The van der Waals surface area contributed by atoms with E-state index in [0.717, 1.165) is 32.2 Å². The first-order valence-electron chi connectivity index (χ1n) is 7.86. The van der Waals surface area contributed by atoms with Crippen molar-refractivity contribution in [2.75, 3.05) is 13.7 Å². The molecule has 110 valence electrons. The van der Waals surface area contributed by atoms with Crippen molar-refractivity contribution in [1.29, 1.82) is 0 Å². The zero-order chi connectivity index (χ0) is 13.9. The van der Waals surface area contributed by atoms with Gasteiger partial charge >= 0.3 is 0 Å². The molecule has 2 atom stereocenters. The van der Waals surface area contributed by atoms with Gasteiger partial charge in [0.2, 0.25) is 0 Å². The Hall–Kier alpha value is -0.900. The van der Waals surface area contributed by atoms with Gasteiger partial charge in [-0.05, 0) is 44.4 Å². The number of likely N-dealkylation sites (N-methyl/N-ethyl adjacent to an activating group) is 1. The largest absolute Gasteiger partial charge is 0.377 e. The first-order valence-corrected chi connectivity index (χ1v) is 7.86. The number of nitrogens with zero attached hydrogens (tertiary/aromatic N) is 1. The number of hydrogen-bond donors (Lipinski definition) is 1. The maximum absolute atomic E-state index is 5.69. The van der Waals surface area contributed by atoms with Crippen LogP contribution in [0.2, 0.25) is 0 Å². The summed E-state index contributed by atoms with van der Waals surface area (Å²) in [7, 11) is 2.22. The van der Waals surface area contributed by atoms with Gasteiger partial charge in [-0.2, -0.15) is 0 Å². The van der Waals surface area contributed by atoms with Crippen LogP contribution in [-0.4, -0.2) is 36.7 Å². The summed E-state index contributed by atoms with van der Waals surface area (Å²) in [4.78, 5) is 2.45. The molecule has 3 nitrogen and oxygen atoms in total. The lowest BCUT2D eigenvalue weighted by molar-refractivity contribution is 0.0813. The fourth-order valence-corrected chi connectivity index (χ4v) is 3.11. The van der Waals surface area contributed by atoms with Gasteiger partial charge in [0.1, 0.15) is 0 Å². The Labute approximate surface area is 122 Å². The molecule has 0 aromatic heterocycles. The van der Waals surface area contributed by atoms with Gasteiger partial charge in [-0.15, -0.1) is 0 Å². The van der Waals surface area contributed by atoms with Crippen molar-refractivity contribution in [2.24, 2.45) is 0 Å². The summed E-state index contributed by atoms with van der Waals surface area (Å²) in [6.07, 6.45) is 4.20. The molecule has 1 aliphatic heterocycles. The van der Waals surface area contributed by atoms with Gasteiger partial charge < -0.3 is 10.1 Å². The summed E-state index contributed by atoms with van der Waals surface area (Å²) in [6.45, 7) is 5.11. The second kappa shape index (κ2) is 6.25. The van der Waals surface area contributed by atoms with E-state index in [1.807, 2.05) is 0 Å². The number of ether oxygens (including phenoxy) is 1. The van der Waals surface area contributed by atoms with E-state index in [0.29, 0.717) is 12.1 Å². The minimum atomic E-state index is 0.358. The molecule has 3 rings (SSSR count). The average molecular weight is 274 g/mol. The van der Waals surface area contributed by atoms with E-state index in [1.165, 1.54) is 24.0 Å². The van der Waals surface area contributed by atoms with Gasteiger partial charge in [-0.1, -0.05) is 24.3 Å². The molecule has 3 heteroatoms. The van der Waals surface area contributed by atoms with E-state index in [1.54, 1.807) is 0 Å². The Bertz CT molecular complexity index is 444. The highest BCUT2D eigenvalue weighted by molar-refractivity contribution is 5.27. The molecule has 2 fully saturated rings. The average Bonchev–Trinajstić information content (AvgIpc) is 3.18. The molecule has 1 heterocycles. The standard InChI is InChI=1S/C17H26N2O/c1-13-17(9-10-20-13)19(2)12-15-6-4-3-5-14(15)11-18-16-7-8-16/h3-6,13,16-18H,7-12H2,1-2H3. The lowest BCUT2D eigenvalue weighted by Crippen LogP contribution is -2.36. The number of rotatable bonds is 6. The Balaban J connectivity index is 1.63. The Morgan fingerprint density at radius 2 is 1.95 bits per heavy atom. The summed E-state index contributed by atoms with van der Waals surface area (Å²) < 4.78 is 5.69. The van der Waals surface area contributed by atoms with Gasteiger partial charge in [0, 0.05) is 31.8 Å². The van der Waals surface area contributed by atoms with Crippen molar-refractivity contribution in [3.05, 3.63) is 35.4 Å². The Kier molecular flexibility index (Phi) is 4.39. The molecule has 20 heavy (non-hydrogen) atoms. The topological polar surface area (TPSA) is 24.5 Å². The molecule has 2 aliphatic rings. The van der Waals surface area contributed by atoms with Crippen LogP contribution >= 0.6 is 0 Å². The monoisotopic (exact) mass is 274 g/mol. The fourth-order valence-electron chi connectivity index (χ4n) is 3.11. The van der Waals surface area contributed by atoms with Crippen LogP contribution in [0.3, 0.4) is 0 Å². The third-order valence-corrected chi connectivity index (χ3v) is 4.60. The summed E-state index contributed by atoms with van der Waals surface area (Å²) in [5.41, 5.74) is 2.89. The molecule has 1 aromatic rings. The third kappa shape index (κ3) is 3.40. The van der Waals surface area contributed by atoms with Crippen molar-refractivity contribution in [3.63, 3.8) is 0 Å². The van der Waals surface area contributed by atoms with E-state index in [9.17, 15) is 0 Å². The quantitative estimate of drug-likeness (QED) is 0.863. The highest BCUT2D eigenvalue weighted by Crippen LogP contribution is 2.23. The molecular weight excluding hydrogens is 248 g/mol. The Morgan fingerprint density at radius 1 is 1.20 bits per heavy atom. The van der Waals surface area contributed by atoms with Crippen molar-refractivity contribution < 1.29 is 4.74 Å². The first-order chi connectivity index (χ1) is 9.74. The van der Waals surface area contributed by atoms with Crippen LogP contribution < -0.4 is 5.32 Å². The van der Waals surface area contributed by atoms with Gasteiger partial charge in [0.15, 0.2) is 0 Å². The predicted octanol–water partition coefficient (Wildman–Crippen LogP) is 2.55. The highest BCUT2D eigenvalue weighted by Gasteiger charge is 2.28. The highest BCUT2D eigenvalue weighted by atomic mass is 16.5. The van der Waals surface area contributed by atoms with E-state index in [4.69, 9.17) is 4.74 Å². The van der Waals surface area contributed by atoms with Crippen molar-refractivity contribution in [1.82, 2.24) is 10.2 Å².